The summed E-state index contributed by atoms with van der Waals surface area (Å²) in [6, 6.07) is -0.199. The number of nitrogens with one attached hydrogen (secondary N) is 1. The lowest BCUT2D eigenvalue weighted by Gasteiger charge is -2.10. The average molecular weight is 116 g/mol. The van der Waals surface area contributed by atoms with E-state index in [2.05, 4.69) is 5.43 Å². The number of carbonyl (C=O) groups excluding carboxylic acids is 1. The van der Waals surface area contributed by atoms with Gasteiger partial charge in [0.15, 0.2) is 0 Å². The quantitative estimate of drug-likeness (QED) is 0.301. The Morgan fingerprint density at radius 3 is 2.12 bits per heavy atom. The molecule has 48 valence electrons. The standard InChI is InChI=1S/C5H12N2O/c1-4(2)5(3-8)7-6/h3-5,7H,6H2,1-2H3/t5-/m1/s1. The van der Waals surface area contributed by atoms with Gasteiger partial charge < -0.3 is 4.79 Å². The van der Waals surface area contributed by atoms with Crippen LogP contribution in [0.1, 0.15) is 13.8 Å². The van der Waals surface area contributed by atoms with Gasteiger partial charge in [0.2, 0.25) is 0 Å². The Balaban J connectivity index is 3.51. The minimum absolute atomic E-state index is 0.199. The molecule has 0 aromatic carbocycles. The first-order valence-corrected chi connectivity index (χ1v) is 2.63. The van der Waals surface area contributed by atoms with E-state index >= 15 is 0 Å². The lowest BCUT2D eigenvalue weighted by molar-refractivity contribution is -0.110. The number of hydrazine groups is 1. The first-order valence-electron chi connectivity index (χ1n) is 2.63. The van der Waals surface area contributed by atoms with E-state index < -0.39 is 0 Å². The molecule has 3 nitrogen and oxygen atoms in total. The van der Waals surface area contributed by atoms with Crippen LogP contribution in [0.15, 0.2) is 0 Å². The van der Waals surface area contributed by atoms with Crippen LogP contribution in [0.5, 0.6) is 0 Å². The second-order valence-corrected chi connectivity index (χ2v) is 2.07. The summed E-state index contributed by atoms with van der Waals surface area (Å²) in [5, 5.41) is 0. The lowest BCUT2D eigenvalue weighted by atomic mass is 10.1. The SMILES string of the molecule is CC(C)[C@@H](C=O)NN. The maximum atomic E-state index is 10.0. The maximum absolute atomic E-state index is 10.0. The van der Waals surface area contributed by atoms with E-state index in [0.29, 0.717) is 0 Å². The first-order chi connectivity index (χ1) is 3.72. The van der Waals surface area contributed by atoms with Gasteiger partial charge in [-0.2, -0.15) is 0 Å². The van der Waals surface area contributed by atoms with Crippen LogP contribution < -0.4 is 11.3 Å². The highest BCUT2D eigenvalue weighted by Gasteiger charge is 2.07. The Kier molecular flexibility index (Phi) is 3.39. The molecule has 3 N–H and O–H groups in total. The molecule has 0 spiro atoms. The molecule has 0 aromatic heterocycles. The van der Waals surface area contributed by atoms with E-state index in [-0.39, 0.29) is 12.0 Å². The van der Waals surface area contributed by atoms with E-state index in [1.165, 1.54) is 0 Å². The molecular weight excluding hydrogens is 104 g/mol. The predicted molar refractivity (Wildman–Crippen MR) is 32.0 cm³/mol. The van der Waals surface area contributed by atoms with Crippen molar-refractivity contribution in [2.45, 2.75) is 19.9 Å². The highest BCUT2D eigenvalue weighted by molar-refractivity contribution is 5.57. The van der Waals surface area contributed by atoms with Crippen molar-refractivity contribution < 1.29 is 4.79 Å². The van der Waals surface area contributed by atoms with Crippen molar-refractivity contribution in [3.63, 3.8) is 0 Å². The number of rotatable bonds is 3. The molecule has 0 aromatic rings. The molecule has 0 aliphatic rings. The zero-order valence-electron chi connectivity index (χ0n) is 5.22. The van der Waals surface area contributed by atoms with Crippen molar-refractivity contribution in [1.82, 2.24) is 5.43 Å². The fraction of sp³-hybridized carbons (Fsp3) is 0.800. The largest absolute Gasteiger partial charge is 0.302 e. The number of carbonyl (C=O) groups is 1. The summed E-state index contributed by atoms with van der Waals surface area (Å²) in [6.45, 7) is 3.86. The van der Waals surface area contributed by atoms with E-state index in [9.17, 15) is 4.79 Å². The number of aldehydes is 1. The van der Waals surface area contributed by atoms with Gasteiger partial charge in [0.1, 0.15) is 6.29 Å². The maximum Gasteiger partial charge on any atom is 0.138 e. The van der Waals surface area contributed by atoms with Crippen molar-refractivity contribution in [3.8, 4) is 0 Å². The summed E-state index contributed by atoms with van der Waals surface area (Å²) in [4.78, 5) is 10.0. The van der Waals surface area contributed by atoms with Crippen LogP contribution in [0.4, 0.5) is 0 Å². The zero-order valence-corrected chi connectivity index (χ0v) is 5.22. The van der Waals surface area contributed by atoms with Crippen LogP contribution in [0.25, 0.3) is 0 Å². The number of hydrogen-bond donors (Lipinski definition) is 2. The Labute approximate surface area is 49.2 Å². The molecule has 0 amide bonds. The average Bonchev–Trinajstić information content (AvgIpc) is 1.69. The molecule has 0 saturated heterocycles. The molecule has 0 heterocycles. The summed E-state index contributed by atoms with van der Waals surface area (Å²) in [5.41, 5.74) is 2.38. The van der Waals surface area contributed by atoms with Gasteiger partial charge in [-0.15, -0.1) is 0 Å². The molecule has 0 rings (SSSR count). The van der Waals surface area contributed by atoms with Gasteiger partial charge in [0.05, 0.1) is 6.04 Å². The Hall–Kier alpha value is -0.410. The van der Waals surface area contributed by atoms with Crippen molar-refractivity contribution in [2.75, 3.05) is 0 Å². The van der Waals surface area contributed by atoms with Gasteiger partial charge in [-0.05, 0) is 5.92 Å². The molecule has 1 atom stereocenters. The van der Waals surface area contributed by atoms with Gasteiger partial charge >= 0.3 is 0 Å². The van der Waals surface area contributed by atoms with Gasteiger partial charge in [0, 0.05) is 0 Å². The third-order valence-corrected chi connectivity index (χ3v) is 1.06. The minimum Gasteiger partial charge on any atom is -0.302 e. The summed E-state index contributed by atoms with van der Waals surface area (Å²) in [6.07, 6.45) is 0.810. The third-order valence-electron chi connectivity index (χ3n) is 1.06. The monoisotopic (exact) mass is 116 g/mol. The van der Waals surface area contributed by atoms with Crippen molar-refractivity contribution >= 4 is 6.29 Å². The molecular formula is C5H12N2O. The van der Waals surface area contributed by atoms with Crippen LogP contribution in [0, 0.1) is 5.92 Å². The van der Waals surface area contributed by atoms with Crippen molar-refractivity contribution in [2.24, 2.45) is 11.8 Å². The number of hydrogen-bond acceptors (Lipinski definition) is 3. The minimum atomic E-state index is -0.199. The molecule has 0 unspecified atom stereocenters. The van der Waals surface area contributed by atoms with Crippen molar-refractivity contribution in [1.29, 1.82) is 0 Å². The Bertz CT molecular complexity index is 72.8. The highest BCUT2D eigenvalue weighted by atomic mass is 16.1. The Morgan fingerprint density at radius 2 is 2.12 bits per heavy atom. The molecule has 0 aliphatic heterocycles. The second kappa shape index (κ2) is 3.57. The predicted octanol–water partition coefficient (Wildman–Crippen LogP) is -0.327. The van der Waals surface area contributed by atoms with Crippen LogP contribution in [-0.4, -0.2) is 12.3 Å². The fourth-order valence-electron chi connectivity index (χ4n) is 0.389. The summed E-state index contributed by atoms with van der Waals surface area (Å²) >= 11 is 0. The second-order valence-electron chi connectivity index (χ2n) is 2.07. The third kappa shape index (κ3) is 2.04. The molecule has 0 bridgehead atoms. The van der Waals surface area contributed by atoms with Crippen molar-refractivity contribution in [3.05, 3.63) is 0 Å². The van der Waals surface area contributed by atoms with E-state index in [4.69, 9.17) is 5.84 Å². The van der Waals surface area contributed by atoms with E-state index in [0.717, 1.165) is 6.29 Å². The molecule has 0 fully saturated rings. The van der Waals surface area contributed by atoms with Gasteiger partial charge in [-0.3, -0.25) is 11.3 Å². The van der Waals surface area contributed by atoms with Gasteiger partial charge in [-0.1, -0.05) is 13.8 Å². The molecule has 0 radical (unpaired) electrons. The van der Waals surface area contributed by atoms with Crippen LogP contribution in [0.3, 0.4) is 0 Å². The van der Waals surface area contributed by atoms with Gasteiger partial charge in [0.25, 0.3) is 0 Å². The topological polar surface area (TPSA) is 55.1 Å². The van der Waals surface area contributed by atoms with E-state index in [1.807, 2.05) is 13.8 Å². The molecule has 0 aliphatic carbocycles. The molecule has 8 heavy (non-hydrogen) atoms. The van der Waals surface area contributed by atoms with Gasteiger partial charge in [-0.25, -0.2) is 0 Å². The molecule has 0 saturated carbocycles. The smallest absolute Gasteiger partial charge is 0.138 e. The van der Waals surface area contributed by atoms with Crippen LogP contribution in [0.2, 0.25) is 0 Å². The summed E-state index contributed by atoms with van der Waals surface area (Å²) in [7, 11) is 0. The van der Waals surface area contributed by atoms with Crippen LogP contribution in [-0.2, 0) is 4.79 Å². The fourth-order valence-corrected chi connectivity index (χ4v) is 0.389. The molecule has 3 heteroatoms. The number of nitrogens with two attached hydrogens (primary N) is 1. The zero-order chi connectivity index (χ0) is 6.57. The van der Waals surface area contributed by atoms with E-state index in [1.54, 1.807) is 0 Å². The summed E-state index contributed by atoms with van der Waals surface area (Å²) in [5.74, 6) is 5.28. The normalized spacial score (nSPS) is 14.0. The Morgan fingerprint density at radius 1 is 1.62 bits per heavy atom. The highest BCUT2D eigenvalue weighted by Crippen LogP contribution is 1.94. The first kappa shape index (κ1) is 7.59. The lowest BCUT2D eigenvalue weighted by Crippen LogP contribution is -2.40. The summed E-state index contributed by atoms with van der Waals surface area (Å²) < 4.78 is 0. The van der Waals surface area contributed by atoms with Crippen LogP contribution >= 0.6 is 0 Å².